The lowest BCUT2D eigenvalue weighted by molar-refractivity contribution is -0.142. The van der Waals surface area contributed by atoms with Gasteiger partial charge in [0.1, 0.15) is 24.2 Å². The van der Waals surface area contributed by atoms with Crippen LogP contribution in [0, 0.1) is 0 Å². The summed E-state index contributed by atoms with van der Waals surface area (Å²) in [6.45, 7) is 1.61. The van der Waals surface area contributed by atoms with Gasteiger partial charge in [0.25, 0.3) is 0 Å². The van der Waals surface area contributed by atoms with Crippen LogP contribution in [0.5, 0.6) is 0 Å². The summed E-state index contributed by atoms with van der Waals surface area (Å²) in [5.41, 5.74) is 17.9. The number of hydrogen-bond donors (Lipinski definition) is 9. The van der Waals surface area contributed by atoms with Crippen LogP contribution < -0.4 is 33.2 Å². The van der Waals surface area contributed by atoms with Crippen LogP contribution in [-0.2, 0) is 30.4 Å². The minimum absolute atomic E-state index is 0.0217. The van der Waals surface area contributed by atoms with Gasteiger partial charge in [-0.25, -0.2) is 4.79 Å². The number of aliphatic hydroxyl groups is 1. The summed E-state index contributed by atoms with van der Waals surface area (Å²) in [7, 11) is 0. The van der Waals surface area contributed by atoms with Crippen molar-refractivity contribution in [1.29, 1.82) is 0 Å². The maximum Gasteiger partial charge on any atom is 0.326 e. The first-order valence-corrected chi connectivity index (χ1v) is 12.6. The van der Waals surface area contributed by atoms with Crippen LogP contribution in [0.3, 0.4) is 0 Å². The lowest BCUT2D eigenvalue weighted by atomic mass is 10.0. The SMILES string of the molecule is CC(O)C(N)C(=O)NC(CC(N)=O)C(=O)NC(CCCCN)C(=O)NC(Cc1c[nH]c2ccccc12)C(=O)O. The molecule has 1 heterocycles. The van der Waals surface area contributed by atoms with Crippen LogP contribution in [0.1, 0.15) is 38.2 Å². The van der Waals surface area contributed by atoms with Crippen molar-refractivity contribution in [3.63, 3.8) is 0 Å². The van der Waals surface area contributed by atoms with E-state index in [9.17, 15) is 34.2 Å². The highest BCUT2D eigenvalue weighted by atomic mass is 16.4. The number of nitrogens with two attached hydrogens (primary N) is 3. The van der Waals surface area contributed by atoms with Crippen molar-refractivity contribution >= 4 is 40.5 Å². The van der Waals surface area contributed by atoms with E-state index >= 15 is 0 Å². The molecular weight excluding hydrogens is 510 g/mol. The third kappa shape index (κ3) is 9.35. The maximum atomic E-state index is 13.2. The number of H-pyrrole nitrogens is 1. The molecule has 4 amide bonds. The van der Waals surface area contributed by atoms with Crippen molar-refractivity contribution < 1.29 is 34.2 Å². The number of carbonyl (C=O) groups is 5. The van der Waals surface area contributed by atoms with Crippen LogP contribution in [0.15, 0.2) is 30.5 Å². The Kier molecular flexibility index (Phi) is 11.8. The molecule has 12 N–H and O–H groups in total. The number of aromatic amines is 1. The molecule has 0 bridgehead atoms. The number of para-hydroxylation sites is 1. The number of aliphatic hydroxyl groups excluding tert-OH is 1. The Morgan fingerprint density at radius 1 is 0.949 bits per heavy atom. The molecule has 214 valence electrons. The molecule has 0 spiro atoms. The molecule has 0 aliphatic heterocycles. The number of carboxylic acids is 1. The number of carboxylic acid groups (broad SMARTS) is 1. The molecule has 14 nitrogen and oxygen atoms in total. The van der Waals surface area contributed by atoms with Gasteiger partial charge in [0, 0.05) is 23.5 Å². The molecule has 0 saturated heterocycles. The standard InChI is InChI=1S/C25H37N7O7/c1-13(33)21(28)24(37)31-18(11-20(27)34)23(36)30-17(8-4-5-9-26)22(35)32-19(25(38)39)10-14-12-29-16-7-3-2-6-15(14)16/h2-3,6-7,12-13,17-19,21,29,33H,4-5,8-11,26,28H2,1H3,(H2,27,34)(H,30,36)(H,31,37)(H,32,35)(H,38,39). The lowest BCUT2D eigenvalue weighted by Crippen LogP contribution is -2.58. The molecule has 39 heavy (non-hydrogen) atoms. The Labute approximate surface area is 225 Å². The molecular formula is C25H37N7O7. The second-order valence-corrected chi connectivity index (χ2v) is 9.31. The van der Waals surface area contributed by atoms with Gasteiger partial charge in [0.2, 0.25) is 23.6 Å². The first-order chi connectivity index (χ1) is 18.4. The average Bonchev–Trinajstić information content (AvgIpc) is 3.29. The zero-order chi connectivity index (χ0) is 29.1. The number of benzene rings is 1. The fraction of sp³-hybridized carbons (Fsp3) is 0.480. The molecule has 5 unspecified atom stereocenters. The lowest BCUT2D eigenvalue weighted by Gasteiger charge is -2.25. The van der Waals surface area contributed by atoms with Crippen LogP contribution in [-0.4, -0.2) is 81.6 Å². The second kappa shape index (κ2) is 14.8. The van der Waals surface area contributed by atoms with Crippen molar-refractivity contribution in [2.45, 2.75) is 69.3 Å². The first-order valence-electron chi connectivity index (χ1n) is 12.6. The van der Waals surface area contributed by atoms with E-state index in [1.165, 1.54) is 6.92 Å². The quantitative estimate of drug-likeness (QED) is 0.105. The van der Waals surface area contributed by atoms with Gasteiger partial charge >= 0.3 is 5.97 Å². The third-order valence-electron chi connectivity index (χ3n) is 6.15. The van der Waals surface area contributed by atoms with E-state index in [2.05, 4.69) is 20.9 Å². The van der Waals surface area contributed by atoms with E-state index in [1.54, 1.807) is 6.20 Å². The number of unbranched alkanes of at least 4 members (excludes halogenated alkanes) is 1. The van der Waals surface area contributed by atoms with Gasteiger partial charge in [-0.05, 0) is 44.4 Å². The number of aromatic nitrogens is 1. The molecule has 0 radical (unpaired) electrons. The van der Waals surface area contributed by atoms with E-state index < -0.39 is 66.3 Å². The average molecular weight is 548 g/mol. The fourth-order valence-corrected chi connectivity index (χ4v) is 3.92. The Morgan fingerprint density at radius 2 is 1.56 bits per heavy atom. The topological polar surface area (TPSA) is 256 Å². The zero-order valence-corrected chi connectivity index (χ0v) is 21.7. The van der Waals surface area contributed by atoms with Crippen LogP contribution >= 0.6 is 0 Å². The minimum Gasteiger partial charge on any atom is -0.480 e. The summed E-state index contributed by atoms with van der Waals surface area (Å²) in [6, 6.07) is 1.94. The Balaban J connectivity index is 2.20. The number of fused-ring (bicyclic) bond motifs is 1. The smallest absolute Gasteiger partial charge is 0.326 e. The number of amides is 4. The number of hydrogen-bond acceptors (Lipinski definition) is 8. The van der Waals surface area contributed by atoms with Crippen LogP contribution in [0.25, 0.3) is 10.9 Å². The molecule has 1 aromatic carbocycles. The Hall–Kier alpha value is -4.01. The molecule has 0 aliphatic carbocycles. The molecule has 2 aromatic rings. The first kappa shape index (κ1) is 31.2. The van der Waals surface area contributed by atoms with Gasteiger partial charge in [-0.3, -0.25) is 19.2 Å². The largest absolute Gasteiger partial charge is 0.480 e. The highest BCUT2D eigenvalue weighted by molar-refractivity contribution is 5.96. The molecule has 1 aromatic heterocycles. The number of aliphatic carboxylic acids is 1. The van der Waals surface area contributed by atoms with Crippen LogP contribution in [0.4, 0.5) is 0 Å². The van der Waals surface area contributed by atoms with E-state index in [0.29, 0.717) is 24.9 Å². The van der Waals surface area contributed by atoms with Crippen LogP contribution in [0.2, 0.25) is 0 Å². The van der Waals surface area contributed by atoms with Crippen molar-refractivity contribution in [2.24, 2.45) is 17.2 Å². The van der Waals surface area contributed by atoms with Crippen molar-refractivity contribution in [1.82, 2.24) is 20.9 Å². The third-order valence-corrected chi connectivity index (χ3v) is 6.15. The molecule has 0 saturated carbocycles. The second-order valence-electron chi connectivity index (χ2n) is 9.31. The van der Waals surface area contributed by atoms with Crippen molar-refractivity contribution in [2.75, 3.05) is 6.54 Å². The minimum atomic E-state index is -1.48. The van der Waals surface area contributed by atoms with Gasteiger partial charge < -0.3 is 48.3 Å². The maximum absolute atomic E-state index is 13.2. The predicted molar refractivity (Wildman–Crippen MR) is 142 cm³/mol. The monoisotopic (exact) mass is 547 g/mol. The van der Waals surface area contributed by atoms with Gasteiger partial charge in [0.15, 0.2) is 0 Å². The fourth-order valence-electron chi connectivity index (χ4n) is 3.92. The molecule has 5 atom stereocenters. The Morgan fingerprint density at radius 3 is 2.18 bits per heavy atom. The highest BCUT2D eigenvalue weighted by Crippen LogP contribution is 2.19. The molecule has 0 fully saturated rings. The summed E-state index contributed by atoms with van der Waals surface area (Å²) >= 11 is 0. The molecule has 0 aliphatic rings. The van der Waals surface area contributed by atoms with E-state index in [1.807, 2.05) is 24.3 Å². The summed E-state index contributed by atoms with van der Waals surface area (Å²) in [4.78, 5) is 65.1. The van der Waals surface area contributed by atoms with Gasteiger partial charge in [0.05, 0.1) is 12.5 Å². The van der Waals surface area contributed by atoms with E-state index in [4.69, 9.17) is 17.2 Å². The number of carbonyl (C=O) groups excluding carboxylic acids is 4. The molecule has 14 heteroatoms. The van der Waals surface area contributed by atoms with Gasteiger partial charge in [-0.15, -0.1) is 0 Å². The summed E-state index contributed by atoms with van der Waals surface area (Å²) in [5, 5.41) is 27.4. The summed E-state index contributed by atoms with van der Waals surface area (Å²) < 4.78 is 0. The van der Waals surface area contributed by atoms with E-state index in [-0.39, 0.29) is 12.8 Å². The summed E-state index contributed by atoms with van der Waals surface area (Å²) in [6.07, 6.45) is 0.880. The van der Waals surface area contributed by atoms with Gasteiger partial charge in [-0.2, -0.15) is 0 Å². The number of rotatable bonds is 16. The van der Waals surface area contributed by atoms with Crippen molar-refractivity contribution in [3.05, 3.63) is 36.0 Å². The highest BCUT2D eigenvalue weighted by Gasteiger charge is 2.32. The van der Waals surface area contributed by atoms with Gasteiger partial charge in [-0.1, -0.05) is 18.2 Å². The van der Waals surface area contributed by atoms with E-state index in [0.717, 1.165) is 10.9 Å². The normalized spacial score (nSPS) is 15.0. The molecule has 2 rings (SSSR count). The van der Waals surface area contributed by atoms with Crippen molar-refractivity contribution in [3.8, 4) is 0 Å². The predicted octanol–water partition coefficient (Wildman–Crippen LogP) is -2.04. The zero-order valence-electron chi connectivity index (χ0n) is 21.7. The summed E-state index contributed by atoms with van der Waals surface area (Å²) in [5.74, 6) is -4.75. The number of primary amides is 1. The Bertz CT molecular complexity index is 1170. The number of nitrogens with one attached hydrogen (secondary N) is 4.